The van der Waals surface area contributed by atoms with Crippen LogP contribution in [0.1, 0.15) is 24.1 Å². The number of imidazole rings is 1. The standard InChI is InChI=1S/C13H17ClN2OS/c1-11-8-16-9-12(4-5-13(16)15-11)10-18(17)7-3-2-6-14/h4-5,8-9H,2-3,6-7,10H2,1H3. The third-order valence-corrected chi connectivity index (χ3v) is 4.38. The smallest absolute Gasteiger partial charge is 0.136 e. The lowest BCUT2D eigenvalue weighted by Gasteiger charge is -2.03. The van der Waals surface area contributed by atoms with Gasteiger partial charge in [-0.3, -0.25) is 4.21 Å². The number of nitrogens with zero attached hydrogens (tertiary/aromatic N) is 2. The molecule has 0 N–H and O–H groups in total. The predicted molar refractivity (Wildman–Crippen MR) is 76.6 cm³/mol. The second-order valence-corrected chi connectivity index (χ2v) is 6.32. The summed E-state index contributed by atoms with van der Waals surface area (Å²) in [6, 6.07) is 3.97. The summed E-state index contributed by atoms with van der Waals surface area (Å²) in [6.07, 6.45) is 5.86. The highest BCUT2D eigenvalue weighted by molar-refractivity contribution is 7.84. The first kappa shape index (κ1) is 13.6. The zero-order valence-corrected chi connectivity index (χ0v) is 12.0. The summed E-state index contributed by atoms with van der Waals surface area (Å²) in [5.74, 6) is 1.99. The maximum absolute atomic E-state index is 11.9. The number of aryl methyl sites for hydroxylation is 1. The van der Waals surface area contributed by atoms with Crippen LogP contribution in [-0.2, 0) is 16.6 Å². The molecular weight excluding hydrogens is 268 g/mol. The highest BCUT2D eigenvalue weighted by Gasteiger charge is 2.04. The summed E-state index contributed by atoms with van der Waals surface area (Å²) in [6.45, 7) is 1.97. The molecular formula is C13H17ClN2OS. The molecule has 5 heteroatoms. The first-order chi connectivity index (χ1) is 8.69. The third-order valence-electron chi connectivity index (χ3n) is 2.72. The number of rotatable bonds is 6. The number of hydrogen-bond acceptors (Lipinski definition) is 2. The molecule has 0 aliphatic carbocycles. The quantitative estimate of drug-likeness (QED) is 0.604. The Labute approximate surface area is 115 Å². The highest BCUT2D eigenvalue weighted by Crippen LogP contribution is 2.10. The summed E-state index contributed by atoms with van der Waals surface area (Å²) in [4.78, 5) is 4.37. The van der Waals surface area contributed by atoms with Crippen molar-refractivity contribution in [2.45, 2.75) is 25.5 Å². The number of unbranched alkanes of at least 4 members (excludes halogenated alkanes) is 1. The first-order valence-corrected chi connectivity index (χ1v) is 8.06. The van der Waals surface area contributed by atoms with Gasteiger partial charge in [0.15, 0.2) is 0 Å². The van der Waals surface area contributed by atoms with Gasteiger partial charge in [-0.25, -0.2) is 4.98 Å². The van der Waals surface area contributed by atoms with E-state index in [0.29, 0.717) is 11.6 Å². The Morgan fingerprint density at radius 3 is 2.94 bits per heavy atom. The van der Waals surface area contributed by atoms with Crippen molar-refractivity contribution < 1.29 is 4.21 Å². The lowest BCUT2D eigenvalue weighted by molar-refractivity contribution is 0.679. The van der Waals surface area contributed by atoms with Crippen molar-refractivity contribution in [3.8, 4) is 0 Å². The van der Waals surface area contributed by atoms with Crippen LogP contribution >= 0.6 is 11.6 Å². The van der Waals surface area contributed by atoms with Gasteiger partial charge in [0.1, 0.15) is 5.65 Å². The summed E-state index contributed by atoms with van der Waals surface area (Å²) in [5.41, 5.74) is 3.02. The predicted octanol–water partition coefficient (Wildman–Crippen LogP) is 2.91. The monoisotopic (exact) mass is 284 g/mol. The van der Waals surface area contributed by atoms with Gasteiger partial charge in [-0.05, 0) is 31.4 Å². The van der Waals surface area contributed by atoms with E-state index < -0.39 is 10.8 Å². The zero-order chi connectivity index (χ0) is 13.0. The molecule has 3 nitrogen and oxygen atoms in total. The zero-order valence-electron chi connectivity index (χ0n) is 10.4. The third kappa shape index (κ3) is 3.56. The number of aromatic nitrogens is 2. The van der Waals surface area contributed by atoms with E-state index in [1.54, 1.807) is 0 Å². The normalized spacial score (nSPS) is 13.0. The number of hydrogen-bond donors (Lipinski definition) is 0. The topological polar surface area (TPSA) is 34.4 Å². The van der Waals surface area contributed by atoms with Crippen molar-refractivity contribution in [3.63, 3.8) is 0 Å². The van der Waals surface area contributed by atoms with Crippen LogP contribution in [0, 0.1) is 6.92 Å². The Morgan fingerprint density at radius 2 is 2.17 bits per heavy atom. The Hall–Kier alpha value is -0.870. The molecule has 2 rings (SSSR count). The van der Waals surface area contributed by atoms with Gasteiger partial charge in [-0.2, -0.15) is 0 Å². The fourth-order valence-corrected chi connectivity index (χ4v) is 3.27. The second kappa shape index (κ2) is 6.34. The first-order valence-electron chi connectivity index (χ1n) is 6.04. The maximum atomic E-state index is 11.9. The molecule has 0 aromatic carbocycles. The van der Waals surface area contributed by atoms with Crippen molar-refractivity contribution in [1.29, 1.82) is 0 Å². The van der Waals surface area contributed by atoms with Gasteiger partial charge < -0.3 is 4.40 Å². The highest BCUT2D eigenvalue weighted by atomic mass is 35.5. The van der Waals surface area contributed by atoms with Crippen LogP contribution in [0.3, 0.4) is 0 Å². The van der Waals surface area contributed by atoms with Gasteiger partial charge in [0, 0.05) is 40.6 Å². The Bertz CT molecular complexity index is 553. The van der Waals surface area contributed by atoms with E-state index in [1.165, 1.54) is 0 Å². The van der Waals surface area contributed by atoms with E-state index >= 15 is 0 Å². The number of fused-ring (bicyclic) bond motifs is 1. The minimum absolute atomic E-state index is 0.607. The molecule has 0 aliphatic heterocycles. The summed E-state index contributed by atoms with van der Waals surface area (Å²) in [5, 5.41) is 0. The van der Waals surface area contributed by atoms with Crippen molar-refractivity contribution >= 4 is 28.0 Å². The largest absolute Gasteiger partial charge is 0.307 e. The number of halogens is 1. The van der Waals surface area contributed by atoms with Crippen LogP contribution in [0.15, 0.2) is 24.5 Å². The van der Waals surface area contributed by atoms with Gasteiger partial charge in [0.2, 0.25) is 0 Å². The van der Waals surface area contributed by atoms with Crippen LogP contribution in [0.4, 0.5) is 0 Å². The minimum atomic E-state index is -0.801. The van der Waals surface area contributed by atoms with Gasteiger partial charge in [0.05, 0.1) is 5.69 Å². The number of alkyl halides is 1. The minimum Gasteiger partial charge on any atom is -0.307 e. The van der Waals surface area contributed by atoms with Gasteiger partial charge in [-0.1, -0.05) is 6.07 Å². The van der Waals surface area contributed by atoms with Gasteiger partial charge in [-0.15, -0.1) is 11.6 Å². The Balaban J connectivity index is 2.00. The van der Waals surface area contributed by atoms with E-state index in [2.05, 4.69) is 4.98 Å². The summed E-state index contributed by atoms with van der Waals surface area (Å²) < 4.78 is 13.9. The van der Waals surface area contributed by atoms with Crippen molar-refractivity contribution in [2.75, 3.05) is 11.6 Å². The summed E-state index contributed by atoms with van der Waals surface area (Å²) in [7, 11) is -0.801. The van der Waals surface area contributed by atoms with E-state index in [9.17, 15) is 4.21 Å². The van der Waals surface area contributed by atoms with E-state index in [4.69, 9.17) is 11.6 Å². The van der Waals surface area contributed by atoms with Gasteiger partial charge >= 0.3 is 0 Å². The number of pyridine rings is 1. The molecule has 0 spiro atoms. The second-order valence-electron chi connectivity index (χ2n) is 4.37. The summed E-state index contributed by atoms with van der Waals surface area (Å²) >= 11 is 5.60. The fourth-order valence-electron chi connectivity index (χ4n) is 1.87. The molecule has 0 saturated heterocycles. The molecule has 0 bridgehead atoms. The van der Waals surface area contributed by atoms with E-state index in [-0.39, 0.29) is 0 Å². The molecule has 0 aliphatic rings. The Kier molecular flexibility index (Phi) is 4.78. The van der Waals surface area contributed by atoms with Crippen LogP contribution in [0.5, 0.6) is 0 Å². The van der Waals surface area contributed by atoms with Crippen LogP contribution in [0.2, 0.25) is 0 Å². The SMILES string of the molecule is Cc1cn2cc(CS(=O)CCCCCl)ccc2n1. The van der Waals surface area contributed by atoms with Crippen LogP contribution in [0.25, 0.3) is 5.65 Å². The molecule has 18 heavy (non-hydrogen) atoms. The molecule has 98 valence electrons. The fraction of sp³-hybridized carbons (Fsp3) is 0.462. The lowest BCUT2D eigenvalue weighted by atomic mass is 10.3. The van der Waals surface area contributed by atoms with Crippen molar-refractivity contribution in [1.82, 2.24) is 9.38 Å². The average Bonchev–Trinajstić information content (AvgIpc) is 2.69. The molecule has 0 fully saturated rings. The van der Waals surface area contributed by atoms with Gasteiger partial charge in [0.25, 0.3) is 0 Å². The van der Waals surface area contributed by atoms with E-state index in [0.717, 1.165) is 35.5 Å². The lowest BCUT2D eigenvalue weighted by Crippen LogP contribution is -2.02. The maximum Gasteiger partial charge on any atom is 0.136 e. The average molecular weight is 285 g/mol. The molecule has 0 radical (unpaired) electrons. The Morgan fingerprint density at radius 1 is 1.33 bits per heavy atom. The molecule has 1 atom stereocenters. The van der Waals surface area contributed by atoms with Crippen molar-refractivity contribution in [3.05, 3.63) is 35.8 Å². The molecule has 0 amide bonds. The molecule has 1 unspecified atom stereocenters. The molecule has 2 heterocycles. The van der Waals surface area contributed by atoms with Crippen LogP contribution in [-0.4, -0.2) is 25.2 Å². The van der Waals surface area contributed by atoms with Crippen LogP contribution < -0.4 is 0 Å². The molecule has 2 aromatic rings. The van der Waals surface area contributed by atoms with E-state index in [1.807, 2.05) is 35.9 Å². The van der Waals surface area contributed by atoms with Crippen molar-refractivity contribution in [2.24, 2.45) is 0 Å². The molecule has 2 aromatic heterocycles. The molecule has 0 saturated carbocycles.